The van der Waals surface area contributed by atoms with Gasteiger partial charge in [-0.1, -0.05) is 0 Å². The van der Waals surface area contributed by atoms with Gasteiger partial charge in [0, 0.05) is 17.1 Å². The zero-order valence-corrected chi connectivity index (χ0v) is 14.5. The van der Waals surface area contributed by atoms with Crippen LogP contribution in [0.5, 0.6) is 0 Å². The lowest BCUT2D eigenvalue weighted by Gasteiger charge is -2.15. The molecular weight excluding hydrogens is 371 g/mol. The summed E-state index contributed by atoms with van der Waals surface area (Å²) in [4.78, 5) is 11.0. The Kier molecular flexibility index (Phi) is 3.90. The van der Waals surface area contributed by atoms with Crippen molar-refractivity contribution in [3.63, 3.8) is 0 Å². The van der Waals surface area contributed by atoms with Gasteiger partial charge < -0.3 is 9.72 Å². The lowest BCUT2D eigenvalue weighted by Crippen LogP contribution is -2.17. The van der Waals surface area contributed by atoms with Crippen LogP contribution in [0.1, 0.15) is 17.8 Å². The molecule has 0 saturated heterocycles. The molecule has 0 atom stereocenters. The minimum absolute atomic E-state index is 0.200. The number of aromatic nitrogens is 5. The highest BCUT2D eigenvalue weighted by atomic mass is 19.3. The number of fused-ring (bicyclic) bond motifs is 2. The summed E-state index contributed by atoms with van der Waals surface area (Å²) in [5.41, 5.74) is 3.45. The van der Waals surface area contributed by atoms with Gasteiger partial charge in [-0.15, -0.1) is 0 Å². The molecule has 9 heteroatoms. The van der Waals surface area contributed by atoms with Crippen LogP contribution in [0.3, 0.4) is 0 Å². The first kappa shape index (κ1) is 16.9. The number of halogens is 3. The zero-order chi connectivity index (χ0) is 19.3. The van der Waals surface area contributed by atoms with Gasteiger partial charge in [-0.3, -0.25) is 9.67 Å². The van der Waals surface area contributed by atoms with Crippen LogP contribution in [0.4, 0.5) is 13.2 Å². The van der Waals surface area contributed by atoms with Crippen molar-refractivity contribution in [2.24, 2.45) is 0 Å². The average Bonchev–Trinajstić information content (AvgIpc) is 3.30. The molecular formula is C19H14F3N5O. The predicted octanol–water partition coefficient (Wildman–Crippen LogP) is 4.10. The Bertz CT molecular complexity index is 1170. The second-order valence-electron chi connectivity index (χ2n) is 6.45. The summed E-state index contributed by atoms with van der Waals surface area (Å²) in [6.07, 6.45) is 0.0463. The van der Waals surface area contributed by atoms with Gasteiger partial charge >= 0.3 is 0 Å². The van der Waals surface area contributed by atoms with E-state index in [1.807, 2.05) is 4.68 Å². The smallest absolute Gasteiger partial charge is 0.278 e. The number of nitrogens with zero attached hydrogens (tertiary/aromatic N) is 4. The largest absolute Gasteiger partial charge is 0.373 e. The van der Waals surface area contributed by atoms with E-state index in [4.69, 9.17) is 4.74 Å². The minimum Gasteiger partial charge on any atom is -0.373 e. The summed E-state index contributed by atoms with van der Waals surface area (Å²) in [7, 11) is 0. The van der Waals surface area contributed by atoms with E-state index in [0.29, 0.717) is 47.7 Å². The number of aromatic amines is 1. The molecule has 0 radical (unpaired) electrons. The maximum atomic E-state index is 13.3. The maximum Gasteiger partial charge on any atom is 0.278 e. The molecule has 0 spiro atoms. The first-order chi connectivity index (χ1) is 13.6. The Hall–Kier alpha value is -3.20. The van der Waals surface area contributed by atoms with Crippen molar-refractivity contribution in [3.8, 4) is 22.5 Å². The van der Waals surface area contributed by atoms with Crippen molar-refractivity contribution in [1.82, 2.24) is 24.7 Å². The van der Waals surface area contributed by atoms with Gasteiger partial charge in [-0.25, -0.2) is 18.2 Å². The molecule has 4 aromatic heterocycles. The first-order valence-corrected chi connectivity index (χ1v) is 8.67. The van der Waals surface area contributed by atoms with Crippen LogP contribution < -0.4 is 0 Å². The summed E-state index contributed by atoms with van der Waals surface area (Å²) >= 11 is 0. The van der Waals surface area contributed by atoms with Crippen molar-refractivity contribution < 1.29 is 17.9 Å². The van der Waals surface area contributed by atoms with E-state index in [-0.39, 0.29) is 5.69 Å². The van der Waals surface area contributed by atoms with Crippen LogP contribution in [0.15, 0.2) is 36.7 Å². The number of pyridine rings is 2. The van der Waals surface area contributed by atoms with Gasteiger partial charge in [0.1, 0.15) is 17.2 Å². The third-order valence-corrected chi connectivity index (χ3v) is 4.77. The van der Waals surface area contributed by atoms with Crippen molar-refractivity contribution in [2.45, 2.75) is 19.6 Å². The number of alkyl halides is 2. The second kappa shape index (κ2) is 6.45. The monoisotopic (exact) mass is 385 g/mol. The van der Waals surface area contributed by atoms with Gasteiger partial charge in [0.25, 0.3) is 6.43 Å². The van der Waals surface area contributed by atoms with Gasteiger partial charge in [0.05, 0.1) is 43.0 Å². The van der Waals surface area contributed by atoms with E-state index in [1.54, 1.807) is 18.3 Å². The second-order valence-corrected chi connectivity index (χ2v) is 6.45. The topological polar surface area (TPSA) is 68.6 Å². The molecule has 0 fully saturated rings. The highest BCUT2D eigenvalue weighted by molar-refractivity contribution is 5.98. The Morgan fingerprint density at radius 2 is 2.07 bits per heavy atom. The molecule has 1 aliphatic heterocycles. The fourth-order valence-corrected chi connectivity index (χ4v) is 3.51. The van der Waals surface area contributed by atoms with Gasteiger partial charge in [0.15, 0.2) is 0 Å². The van der Waals surface area contributed by atoms with Crippen molar-refractivity contribution >= 4 is 11.0 Å². The summed E-state index contributed by atoms with van der Waals surface area (Å²) in [5.74, 6) is -0.448. The Balaban J connectivity index is 1.79. The summed E-state index contributed by atoms with van der Waals surface area (Å²) < 4.78 is 47.2. The molecule has 142 valence electrons. The van der Waals surface area contributed by atoms with Crippen LogP contribution in [-0.2, 0) is 17.9 Å². The normalized spacial score (nSPS) is 14.0. The van der Waals surface area contributed by atoms with E-state index in [0.717, 1.165) is 17.5 Å². The Morgan fingerprint density at radius 1 is 1.18 bits per heavy atom. The van der Waals surface area contributed by atoms with Crippen LogP contribution in [0.2, 0.25) is 0 Å². The van der Waals surface area contributed by atoms with Crippen molar-refractivity contribution in [1.29, 1.82) is 0 Å². The predicted molar refractivity (Wildman–Crippen MR) is 95.1 cm³/mol. The molecule has 0 amide bonds. The van der Waals surface area contributed by atoms with E-state index in [2.05, 4.69) is 20.1 Å². The standard InChI is InChI=1S/C19H14F3N5O/c20-10-1-2-13(24-8-10)17-16(15-9-28-6-5-27(15)26-17)11-3-4-23-19-12(11)7-14(25-19)18(21)22/h1-4,7-8,18H,5-6,9H2,(H,23,25). The fraction of sp³-hybridized carbons (Fsp3) is 0.211. The maximum absolute atomic E-state index is 13.3. The number of ether oxygens (including phenoxy) is 1. The molecule has 6 nitrogen and oxygen atoms in total. The number of nitrogens with one attached hydrogen (secondary N) is 1. The third-order valence-electron chi connectivity index (χ3n) is 4.77. The molecule has 0 aliphatic carbocycles. The molecule has 28 heavy (non-hydrogen) atoms. The first-order valence-electron chi connectivity index (χ1n) is 8.67. The van der Waals surface area contributed by atoms with E-state index >= 15 is 0 Å². The average molecular weight is 385 g/mol. The summed E-state index contributed by atoms with van der Waals surface area (Å²) in [6, 6.07) is 6.02. The van der Waals surface area contributed by atoms with Crippen LogP contribution in [-0.4, -0.2) is 31.3 Å². The molecule has 5 rings (SSSR count). The Labute approximate surface area is 157 Å². The summed E-state index contributed by atoms with van der Waals surface area (Å²) in [6.45, 7) is 1.42. The van der Waals surface area contributed by atoms with Crippen LogP contribution in [0.25, 0.3) is 33.5 Å². The fourth-order valence-electron chi connectivity index (χ4n) is 3.51. The quantitative estimate of drug-likeness (QED) is 0.577. The van der Waals surface area contributed by atoms with E-state index in [9.17, 15) is 13.2 Å². The van der Waals surface area contributed by atoms with Gasteiger partial charge in [-0.2, -0.15) is 5.10 Å². The highest BCUT2D eigenvalue weighted by Crippen LogP contribution is 2.39. The highest BCUT2D eigenvalue weighted by Gasteiger charge is 2.26. The SMILES string of the molecule is Fc1ccc(-c2nn3c(c2-c2ccnc4[nH]c(C(F)F)cc24)COCC3)nc1. The molecule has 1 aliphatic rings. The van der Waals surface area contributed by atoms with Crippen LogP contribution >= 0.6 is 0 Å². The lowest BCUT2D eigenvalue weighted by molar-refractivity contribution is 0.0805. The van der Waals surface area contributed by atoms with E-state index in [1.165, 1.54) is 12.1 Å². The number of H-pyrrole nitrogens is 1. The minimum atomic E-state index is -2.63. The number of hydrogen-bond donors (Lipinski definition) is 1. The molecule has 5 heterocycles. The van der Waals surface area contributed by atoms with E-state index < -0.39 is 12.2 Å². The third kappa shape index (κ3) is 2.66. The molecule has 0 aromatic carbocycles. The number of hydrogen-bond acceptors (Lipinski definition) is 4. The zero-order valence-electron chi connectivity index (χ0n) is 14.5. The van der Waals surface area contributed by atoms with Crippen molar-refractivity contribution in [2.75, 3.05) is 6.61 Å². The van der Waals surface area contributed by atoms with Gasteiger partial charge in [0.2, 0.25) is 0 Å². The number of rotatable bonds is 3. The lowest BCUT2D eigenvalue weighted by atomic mass is 9.99. The van der Waals surface area contributed by atoms with Gasteiger partial charge in [-0.05, 0) is 29.8 Å². The molecule has 1 N–H and O–H groups in total. The van der Waals surface area contributed by atoms with Crippen molar-refractivity contribution in [3.05, 3.63) is 53.9 Å². The molecule has 0 bridgehead atoms. The molecule has 0 saturated carbocycles. The summed E-state index contributed by atoms with van der Waals surface area (Å²) in [5, 5.41) is 5.21. The molecule has 0 unspecified atom stereocenters. The Morgan fingerprint density at radius 3 is 2.86 bits per heavy atom. The van der Waals surface area contributed by atoms with Crippen LogP contribution in [0, 0.1) is 5.82 Å². The molecule has 4 aromatic rings.